The summed E-state index contributed by atoms with van der Waals surface area (Å²) in [6, 6.07) is 0. The molecule has 4 heteroatoms. The van der Waals surface area contributed by atoms with Gasteiger partial charge in [0.15, 0.2) is 0 Å². The Hall–Kier alpha value is 0.740. The summed E-state index contributed by atoms with van der Waals surface area (Å²) in [5.74, 6) is 0. The van der Waals surface area contributed by atoms with E-state index in [9.17, 15) is 0 Å². The average Bonchev–Trinajstić information content (AvgIpc) is 2.13. The zero-order valence-corrected chi connectivity index (χ0v) is 12.4. The Balaban J connectivity index is -0.0000000941. The van der Waals surface area contributed by atoms with Gasteiger partial charge in [-0.2, -0.15) is 0 Å². The molecule has 0 aliphatic rings. The molecule has 13 heavy (non-hydrogen) atoms. The molecule has 0 spiro atoms. The molecular formula is C9H20ClN2Na. The molecule has 0 aliphatic carbocycles. The van der Waals surface area contributed by atoms with Crippen molar-refractivity contribution in [2.75, 3.05) is 26.2 Å². The van der Waals surface area contributed by atoms with E-state index in [-0.39, 0.29) is 42.0 Å². The van der Waals surface area contributed by atoms with Gasteiger partial charge in [0.1, 0.15) is 0 Å². The van der Waals surface area contributed by atoms with Crippen LogP contribution in [0.4, 0.5) is 0 Å². The maximum Gasteiger partial charge on any atom is 1.00 e. The molecule has 0 atom stereocenters. The van der Waals surface area contributed by atoms with Crippen LogP contribution in [0.15, 0.2) is 0 Å². The molecule has 0 saturated heterocycles. The first-order valence-electron chi connectivity index (χ1n) is 4.32. The Labute approximate surface area is 112 Å². The Morgan fingerprint density at radius 2 is 1.00 bits per heavy atom. The van der Waals surface area contributed by atoms with Crippen LogP contribution in [0.3, 0.4) is 0 Å². The van der Waals surface area contributed by atoms with Crippen LogP contribution < -0.4 is 42.0 Å². The zero-order chi connectivity index (χ0) is 9.33. The predicted octanol–water partition coefficient (Wildman–Crippen LogP) is -4.01. The largest absolute Gasteiger partial charge is 1.00 e. The number of rotatable bonds is 4. The van der Waals surface area contributed by atoms with Gasteiger partial charge in [0.05, 0.1) is 26.2 Å². The van der Waals surface area contributed by atoms with E-state index in [2.05, 4.69) is 27.7 Å². The summed E-state index contributed by atoms with van der Waals surface area (Å²) in [6.07, 6.45) is 0. The minimum Gasteiger partial charge on any atom is -1.00 e. The Morgan fingerprint density at radius 1 is 0.846 bits per heavy atom. The van der Waals surface area contributed by atoms with Gasteiger partial charge in [0.25, 0.3) is 0 Å². The molecule has 0 N–H and O–H groups in total. The Bertz CT molecular complexity index is 85.5. The van der Waals surface area contributed by atoms with Crippen LogP contribution in [0.2, 0.25) is 0 Å². The van der Waals surface area contributed by atoms with E-state index in [0.717, 1.165) is 0 Å². The van der Waals surface area contributed by atoms with Crippen LogP contribution in [-0.4, -0.2) is 30.7 Å². The molecule has 0 saturated carbocycles. The van der Waals surface area contributed by atoms with Crippen LogP contribution >= 0.6 is 0 Å². The van der Waals surface area contributed by atoms with Gasteiger partial charge in [-0.05, 0) is 27.7 Å². The smallest absolute Gasteiger partial charge is 1.00 e. The molecule has 0 aliphatic heterocycles. The quantitative estimate of drug-likeness (QED) is 0.266. The van der Waals surface area contributed by atoms with E-state index in [1.807, 2.05) is 0 Å². The summed E-state index contributed by atoms with van der Waals surface area (Å²) in [5.41, 5.74) is 0. The van der Waals surface area contributed by atoms with Crippen molar-refractivity contribution in [3.63, 3.8) is 0 Å². The molecule has 0 radical (unpaired) electrons. The third-order valence-electron chi connectivity index (χ3n) is 2.68. The Morgan fingerprint density at radius 3 is 1.00 bits per heavy atom. The van der Waals surface area contributed by atoms with Crippen molar-refractivity contribution in [3.05, 3.63) is 6.57 Å². The fourth-order valence-electron chi connectivity index (χ4n) is 1.34. The van der Waals surface area contributed by atoms with E-state index in [4.69, 9.17) is 11.8 Å². The normalized spacial score (nSPS) is 8.46. The summed E-state index contributed by atoms with van der Waals surface area (Å²) < 4.78 is 1.28. The second-order valence-corrected chi connectivity index (χ2v) is 2.61. The molecule has 0 rings (SSSR count). The number of halogens is 1. The molecule has 74 valence electrons. The molecule has 0 aromatic carbocycles. The van der Waals surface area contributed by atoms with Gasteiger partial charge in [-0.25, -0.2) is 0 Å². The molecule has 0 aromatic rings. The monoisotopic (exact) mass is 214 g/mol. The van der Waals surface area contributed by atoms with Crippen molar-refractivity contribution in [1.29, 1.82) is 5.26 Å². The van der Waals surface area contributed by atoms with Gasteiger partial charge in [0, 0.05) is 0 Å². The second kappa shape index (κ2) is 15.2. The van der Waals surface area contributed by atoms with Crippen molar-refractivity contribution in [3.8, 4) is 0 Å². The number of nitrogens with zero attached hydrogens (tertiary/aromatic N) is 2. The molecule has 0 unspecified atom stereocenters. The first-order valence-corrected chi connectivity index (χ1v) is 4.32. The zero-order valence-electron chi connectivity index (χ0n) is 9.60. The van der Waals surface area contributed by atoms with Gasteiger partial charge in [-0.1, -0.05) is 0 Å². The summed E-state index contributed by atoms with van der Waals surface area (Å²) in [5, 5.41) is 6.25. The van der Waals surface area contributed by atoms with E-state index in [0.29, 0.717) is 0 Å². The molecule has 2 nitrogen and oxygen atoms in total. The second-order valence-electron chi connectivity index (χ2n) is 2.61. The van der Waals surface area contributed by atoms with Crippen molar-refractivity contribution in [2.24, 2.45) is 0 Å². The minimum atomic E-state index is 0. The summed E-state index contributed by atoms with van der Waals surface area (Å²) >= 11 is 0. The van der Waals surface area contributed by atoms with Gasteiger partial charge in [-0.15, -0.1) is 0 Å². The van der Waals surface area contributed by atoms with Crippen LogP contribution in [0.1, 0.15) is 27.7 Å². The summed E-state index contributed by atoms with van der Waals surface area (Å²) in [7, 11) is 0. The molecule has 0 amide bonds. The van der Waals surface area contributed by atoms with Gasteiger partial charge in [0.2, 0.25) is 0 Å². The fourth-order valence-corrected chi connectivity index (χ4v) is 1.34. The fraction of sp³-hybridized carbons (Fsp3) is 0.889. The van der Waals surface area contributed by atoms with Crippen LogP contribution in [0, 0.1) is 11.8 Å². The van der Waals surface area contributed by atoms with Gasteiger partial charge < -0.3 is 28.7 Å². The minimum absolute atomic E-state index is 0. The number of quaternary nitrogens is 1. The third kappa shape index (κ3) is 9.05. The maximum absolute atomic E-state index is 6.25. The molecular weight excluding hydrogens is 195 g/mol. The van der Waals surface area contributed by atoms with Crippen LogP contribution in [-0.2, 0) is 0 Å². The van der Waals surface area contributed by atoms with Crippen molar-refractivity contribution in [1.82, 2.24) is 0 Å². The standard InChI is InChI=1S/C8H20N.CN.ClH.Na/c1-5-9(6-2,7-3)8-4;1-2;;/h5-8H2,1-4H3;;1H;/q+1;-1;;+1/p-1. The molecule has 0 bridgehead atoms. The number of hydrogen-bond acceptors (Lipinski definition) is 1. The van der Waals surface area contributed by atoms with E-state index in [1.54, 1.807) is 0 Å². The average molecular weight is 215 g/mol. The van der Waals surface area contributed by atoms with Crippen LogP contribution in [0.25, 0.3) is 0 Å². The van der Waals surface area contributed by atoms with Crippen molar-refractivity contribution in [2.45, 2.75) is 27.7 Å². The molecule has 0 aromatic heterocycles. The topological polar surface area (TPSA) is 23.8 Å². The van der Waals surface area contributed by atoms with Crippen molar-refractivity contribution >= 4 is 0 Å². The molecule has 0 heterocycles. The van der Waals surface area contributed by atoms with E-state index in [1.165, 1.54) is 30.7 Å². The first kappa shape index (κ1) is 23.5. The SMILES string of the molecule is CC[N+](CC)(CC)CC.[C-]#N.[Cl-].[Na+]. The molecule has 0 fully saturated rings. The predicted molar refractivity (Wildman–Crippen MR) is 47.4 cm³/mol. The summed E-state index contributed by atoms with van der Waals surface area (Å²) in [6.45, 7) is 19.0. The summed E-state index contributed by atoms with van der Waals surface area (Å²) in [4.78, 5) is 0. The number of hydrogen-bond donors (Lipinski definition) is 0. The van der Waals surface area contributed by atoms with Gasteiger partial charge in [-0.3, -0.25) is 0 Å². The van der Waals surface area contributed by atoms with E-state index >= 15 is 0 Å². The third-order valence-corrected chi connectivity index (χ3v) is 2.68. The Kier molecular flexibility index (Phi) is 27.5. The van der Waals surface area contributed by atoms with Crippen LogP contribution in [0.5, 0.6) is 0 Å². The first-order chi connectivity index (χ1) is 5.24. The van der Waals surface area contributed by atoms with Gasteiger partial charge >= 0.3 is 29.6 Å². The van der Waals surface area contributed by atoms with E-state index < -0.39 is 0 Å². The van der Waals surface area contributed by atoms with Crippen molar-refractivity contribution < 1.29 is 46.4 Å². The maximum atomic E-state index is 6.25.